The Morgan fingerprint density at radius 3 is 2.23 bits per heavy atom. The summed E-state index contributed by atoms with van der Waals surface area (Å²) < 4.78 is 11.3. The molecule has 2 saturated heterocycles. The maximum Gasteiger partial charge on any atom is 0.253 e. The van der Waals surface area contributed by atoms with Crippen molar-refractivity contribution in [3.63, 3.8) is 0 Å². The van der Waals surface area contributed by atoms with Gasteiger partial charge in [-0.15, -0.1) is 0 Å². The lowest BCUT2D eigenvalue weighted by Gasteiger charge is -2.36. The van der Waals surface area contributed by atoms with E-state index in [-0.39, 0.29) is 17.8 Å². The van der Waals surface area contributed by atoms with Crippen LogP contribution in [-0.4, -0.2) is 62.1 Å². The molecule has 158 valence electrons. The summed E-state index contributed by atoms with van der Waals surface area (Å²) >= 11 is 0. The normalized spacial score (nSPS) is 19.0. The number of hydrogen-bond acceptors (Lipinski definition) is 5. The van der Waals surface area contributed by atoms with Crippen LogP contribution in [0.5, 0.6) is 5.75 Å². The van der Waals surface area contributed by atoms with Crippen LogP contribution in [0.4, 0.5) is 5.69 Å². The molecule has 0 spiro atoms. The number of ketones is 1. The van der Waals surface area contributed by atoms with Crippen LogP contribution >= 0.6 is 0 Å². The van der Waals surface area contributed by atoms with Gasteiger partial charge in [0, 0.05) is 49.6 Å². The summed E-state index contributed by atoms with van der Waals surface area (Å²) in [6.45, 7) is 5.83. The Balaban J connectivity index is 1.28. The highest BCUT2D eigenvalue weighted by molar-refractivity contribution is 5.95. The summed E-state index contributed by atoms with van der Waals surface area (Å²) in [7, 11) is 0. The minimum atomic E-state index is 0.0484. The summed E-state index contributed by atoms with van der Waals surface area (Å²) in [5.74, 6) is 0.883. The van der Waals surface area contributed by atoms with E-state index in [4.69, 9.17) is 9.47 Å². The predicted octanol–water partition coefficient (Wildman–Crippen LogP) is 3.41. The number of benzene rings is 2. The van der Waals surface area contributed by atoms with Crippen molar-refractivity contribution in [2.45, 2.75) is 25.9 Å². The molecular weight excluding hydrogens is 380 g/mol. The minimum absolute atomic E-state index is 0.0484. The Hall–Kier alpha value is -2.86. The summed E-state index contributed by atoms with van der Waals surface area (Å²) in [5, 5.41) is 0. The molecular formula is C24H28N2O4. The largest absolute Gasteiger partial charge is 0.491 e. The third-order valence-corrected chi connectivity index (χ3v) is 5.77. The molecule has 4 rings (SSSR count). The Bertz CT molecular complexity index is 865. The van der Waals surface area contributed by atoms with Crippen molar-refractivity contribution >= 4 is 17.4 Å². The highest BCUT2D eigenvalue weighted by Gasteiger charge is 2.22. The molecule has 2 aromatic carbocycles. The van der Waals surface area contributed by atoms with Gasteiger partial charge in [0.15, 0.2) is 5.78 Å². The maximum absolute atomic E-state index is 12.8. The van der Waals surface area contributed by atoms with Gasteiger partial charge in [-0.05, 0) is 68.3 Å². The lowest BCUT2D eigenvalue weighted by molar-refractivity contribution is 0.0678. The molecule has 2 fully saturated rings. The summed E-state index contributed by atoms with van der Waals surface area (Å²) in [6, 6.07) is 15.0. The number of hydrogen-bond donors (Lipinski definition) is 0. The zero-order chi connectivity index (χ0) is 20.9. The molecule has 0 radical (unpaired) electrons. The molecule has 1 unspecified atom stereocenters. The lowest BCUT2D eigenvalue weighted by Crippen LogP contribution is -2.48. The summed E-state index contributed by atoms with van der Waals surface area (Å²) in [4.78, 5) is 28.4. The quantitative estimate of drug-likeness (QED) is 0.686. The lowest BCUT2D eigenvalue weighted by atomic mass is 10.1. The number of rotatable bonds is 6. The number of anilines is 1. The average Bonchev–Trinajstić information content (AvgIpc) is 3.31. The van der Waals surface area contributed by atoms with Gasteiger partial charge < -0.3 is 19.3 Å². The van der Waals surface area contributed by atoms with Crippen LogP contribution in [-0.2, 0) is 4.74 Å². The number of carbonyl (C=O) groups is 2. The second-order valence-corrected chi connectivity index (χ2v) is 7.85. The van der Waals surface area contributed by atoms with Gasteiger partial charge in [0.25, 0.3) is 5.91 Å². The first-order valence-electron chi connectivity index (χ1n) is 10.6. The van der Waals surface area contributed by atoms with Crippen molar-refractivity contribution in [1.29, 1.82) is 0 Å². The number of nitrogens with zero attached hydrogens (tertiary/aromatic N) is 2. The van der Waals surface area contributed by atoms with Crippen LogP contribution < -0.4 is 9.64 Å². The van der Waals surface area contributed by atoms with Crippen molar-refractivity contribution in [1.82, 2.24) is 4.90 Å². The van der Waals surface area contributed by atoms with Crippen LogP contribution in [0.2, 0.25) is 0 Å². The number of ether oxygens (including phenoxy) is 2. The van der Waals surface area contributed by atoms with Crippen molar-refractivity contribution in [2.75, 3.05) is 44.3 Å². The highest BCUT2D eigenvalue weighted by atomic mass is 16.5. The first-order valence-corrected chi connectivity index (χ1v) is 10.6. The Labute approximate surface area is 177 Å². The maximum atomic E-state index is 12.8. The molecule has 2 aromatic rings. The number of Topliss-reactive ketones (excluding diaryl/α,β-unsaturated/α-hetero) is 1. The molecule has 0 aromatic heterocycles. The second kappa shape index (κ2) is 9.30. The van der Waals surface area contributed by atoms with Gasteiger partial charge >= 0.3 is 0 Å². The molecule has 6 heteroatoms. The molecule has 0 bridgehead atoms. The molecule has 1 atom stereocenters. The molecule has 2 aliphatic rings. The fourth-order valence-electron chi connectivity index (χ4n) is 3.92. The van der Waals surface area contributed by atoms with Crippen molar-refractivity contribution in [3.8, 4) is 5.75 Å². The van der Waals surface area contributed by atoms with Gasteiger partial charge in [0.05, 0.1) is 6.10 Å². The molecule has 0 N–H and O–H groups in total. The smallest absolute Gasteiger partial charge is 0.253 e. The van der Waals surface area contributed by atoms with E-state index in [1.165, 1.54) is 0 Å². The third kappa shape index (κ3) is 4.82. The fraction of sp³-hybridized carbons (Fsp3) is 0.417. The standard InChI is InChI=1S/C24H28N2O4/c1-18(27)19-4-8-21(9-5-19)25-12-14-26(15-13-25)24(28)20-6-10-22(11-7-20)30-17-23-3-2-16-29-23/h4-11,23H,2-3,12-17H2,1H3. The molecule has 30 heavy (non-hydrogen) atoms. The van der Waals surface area contributed by atoms with E-state index in [9.17, 15) is 9.59 Å². The van der Waals surface area contributed by atoms with Gasteiger partial charge in [-0.3, -0.25) is 9.59 Å². The first-order chi connectivity index (χ1) is 14.6. The number of carbonyl (C=O) groups excluding carboxylic acids is 2. The van der Waals surface area contributed by atoms with Gasteiger partial charge in [0.1, 0.15) is 12.4 Å². The van der Waals surface area contributed by atoms with Crippen LogP contribution in [0.25, 0.3) is 0 Å². The molecule has 2 heterocycles. The van der Waals surface area contributed by atoms with Gasteiger partial charge in [0.2, 0.25) is 0 Å². The van der Waals surface area contributed by atoms with E-state index in [1.54, 1.807) is 6.92 Å². The average molecular weight is 408 g/mol. The molecule has 2 aliphatic heterocycles. The van der Waals surface area contributed by atoms with Gasteiger partial charge in [-0.25, -0.2) is 0 Å². The Kier molecular flexibility index (Phi) is 6.33. The SMILES string of the molecule is CC(=O)c1ccc(N2CCN(C(=O)c3ccc(OCC4CCCO4)cc3)CC2)cc1. The van der Waals surface area contributed by atoms with Crippen molar-refractivity contribution in [2.24, 2.45) is 0 Å². The number of piperazine rings is 1. The van der Waals surface area contributed by atoms with E-state index in [2.05, 4.69) is 4.90 Å². The van der Waals surface area contributed by atoms with Crippen LogP contribution in [0, 0.1) is 0 Å². The molecule has 6 nitrogen and oxygen atoms in total. The van der Waals surface area contributed by atoms with Crippen LogP contribution in [0.3, 0.4) is 0 Å². The molecule has 0 saturated carbocycles. The Morgan fingerprint density at radius 1 is 0.967 bits per heavy atom. The zero-order valence-electron chi connectivity index (χ0n) is 17.4. The van der Waals surface area contributed by atoms with E-state index in [1.807, 2.05) is 53.4 Å². The van der Waals surface area contributed by atoms with Crippen molar-refractivity contribution in [3.05, 3.63) is 59.7 Å². The van der Waals surface area contributed by atoms with Gasteiger partial charge in [-0.2, -0.15) is 0 Å². The third-order valence-electron chi connectivity index (χ3n) is 5.77. The van der Waals surface area contributed by atoms with E-state index >= 15 is 0 Å². The fourth-order valence-corrected chi connectivity index (χ4v) is 3.92. The predicted molar refractivity (Wildman–Crippen MR) is 115 cm³/mol. The van der Waals surface area contributed by atoms with Crippen LogP contribution in [0.15, 0.2) is 48.5 Å². The Morgan fingerprint density at radius 2 is 1.63 bits per heavy atom. The van der Waals surface area contributed by atoms with Crippen LogP contribution in [0.1, 0.15) is 40.5 Å². The first kappa shape index (κ1) is 20.4. The summed E-state index contributed by atoms with van der Waals surface area (Å²) in [5.41, 5.74) is 2.48. The van der Waals surface area contributed by atoms with Gasteiger partial charge in [-0.1, -0.05) is 0 Å². The second-order valence-electron chi connectivity index (χ2n) is 7.85. The zero-order valence-corrected chi connectivity index (χ0v) is 17.4. The van der Waals surface area contributed by atoms with Crippen molar-refractivity contribution < 1.29 is 19.1 Å². The number of amides is 1. The topological polar surface area (TPSA) is 59.1 Å². The highest BCUT2D eigenvalue weighted by Crippen LogP contribution is 2.20. The van der Waals surface area contributed by atoms with E-state index < -0.39 is 0 Å². The molecule has 1 amide bonds. The summed E-state index contributed by atoms with van der Waals surface area (Å²) in [6.07, 6.45) is 2.32. The van der Waals surface area contributed by atoms with E-state index in [0.717, 1.165) is 49.5 Å². The van der Waals surface area contributed by atoms with E-state index in [0.29, 0.717) is 25.3 Å². The molecule has 0 aliphatic carbocycles. The monoisotopic (exact) mass is 408 g/mol. The minimum Gasteiger partial charge on any atom is -0.491 e.